The van der Waals surface area contributed by atoms with Crippen LogP contribution in [0.5, 0.6) is 17.2 Å². The zero-order valence-electron chi connectivity index (χ0n) is 17.4. The molecule has 0 radical (unpaired) electrons. The number of phenolic OH excluding ortho intramolecular Hbond substituents is 2. The van der Waals surface area contributed by atoms with Crippen molar-refractivity contribution in [1.82, 2.24) is 0 Å². The Balaban J connectivity index is 1.54. The van der Waals surface area contributed by atoms with Crippen molar-refractivity contribution >= 4 is 5.69 Å². The molecule has 0 heterocycles. The van der Waals surface area contributed by atoms with Gasteiger partial charge >= 0.3 is 0 Å². The van der Waals surface area contributed by atoms with Crippen molar-refractivity contribution in [2.24, 2.45) is 0 Å². The Morgan fingerprint density at radius 2 is 1.42 bits per heavy atom. The predicted molar refractivity (Wildman–Crippen MR) is 114 cm³/mol. The maximum atomic E-state index is 13.0. The highest BCUT2D eigenvalue weighted by molar-refractivity contribution is 5.64. The molecule has 3 aromatic carbocycles. The van der Waals surface area contributed by atoms with Crippen LogP contribution in [0.15, 0.2) is 60.7 Å². The van der Waals surface area contributed by atoms with Gasteiger partial charge in [0.1, 0.15) is 17.2 Å². The molecule has 1 aliphatic carbocycles. The number of ether oxygens (including phenoxy) is 1. The Labute approximate surface area is 181 Å². The van der Waals surface area contributed by atoms with Gasteiger partial charge in [0.15, 0.2) is 6.73 Å². The molecule has 0 aliphatic heterocycles. The van der Waals surface area contributed by atoms with E-state index in [2.05, 4.69) is 5.32 Å². The average Bonchev–Trinajstić information content (AvgIpc) is 2.73. The number of rotatable bonds is 6. The van der Waals surface area contributed by atoms with Crippen molar-refractivity contribution in [2.45, 2.75) is 37.9 Å². The highest BCUT2D eigenvalue weighted by Crippen LogP contribution is 2.50. The lowest BCUT2D eigenvalue weighted by atomic mass is 9.63. The monoisotopic (exact) mass is 419 g/mol. The van der Waals surface area contributed by atoms with Gasteiger partial charge in [0.2, 0.25) is 0 Å². The molecular formula is C25H25NO5-2. The standard InChI is InChI=1S/C25H25NO5/c1-14-3-7-16(8-4-14)21-24(29)23(25(21)30)22-19(11-17(27)12-20(22)28)26-13-31-18-9-5-15(2)6-10-18/h3-12,21,23-28H,13H2,1-2H3/q-2. The van der Waals surface area contributed by atoms with Crippen LogP contribution in [0, 0.1) is 13.8 Å². The molecule has 2 atom stereocenters. The van der Waals surface area contributed by atoms with Crippen LogP contribution >= 0.6 is 0 Å². The lowest BCUT2D eigenvalue weighted by molar-refractivity contribution is -0.536. The number of hydrogen-bond donors (Lipinski definition) is 3. The van der Waals surface area contributed by atoms with Crippen LogP contribution in [0.25, 0.3) is 0 Å². The van der Waals surface area contributed by atoms with E-state index >= 15 is 0 Å². The van der Waals surface area contributed by atoms with E-state index < -0.39 is 24.0 Å². The topological polar surface area (TPSA) is 108 Å². The summed E-state index contributed by atoms with van der Waals surface area (Å²) < 4.78 is 5.66. The number of hydrogen-bond acceptors (Lipinski definition) is 6. The van der Waals surface area contributed by atoms with Gasteiger partial charge in [-0.2, -0.15) is 0 Å². The first-order chi connectivity index (χ1) is 14.8. The quantitative estimate of drug-likeness (QED) is 0.530. The van der Waals surface area contributed by atoms with E-state index in [0.29, 0.717) is 11.4 Å². The summed E-state index contributed by atoms with van der Waals surface area (Å²) in [5, 5.41) is 49.4. The largest absolute Gasteiger partial charge is 0.851 e. The van der Waals surface area contributed by atoms with E-state index in [0.717, 1.165) is 22.8 Å². The van der Waals surface area contributed by atoms with E-state index in [1.807, 2.05) is 62.4 Å². The lowest BCUT2D eigenvalue weighted by Gasteiger charge is -2.62. The molecule has 6 nitrogen and oxygen atoms in total. The highest BCUT2D eigenvalue weighted by Gasteiger charge is 2.40. The van der Waals surface area contributed by atoms with E-state index in [4.69, 9.17) is 4.74 Å². The highest BCUT2D eigenvalue weighted by atomic mass is 16.5. The third kappa shape index (κ3) is 4.17. The van der Waals surface area contributed by atoms with Crippen molar-refractivity contribution in [2.75, 3.05) is 12.0 Å². The summed E-state index contributed by atoms with van der Waals surface area (Å²) in [5.74, 6) is -1.38. The predicted octanol–water partition coefficient (Wildman–Crippen LogP) is 2.50. The fraction of sp³-hybridized carbons (Fsp3) is 0.280. The van der Waals surface area contributed by atoms with Gasteiger partial charge in [-0.25, -0.2) is 0 Å². The summed E-state index contributed by atoms with van der Waals surface area (Å²) in [6.07, 6.45) is -2.39. The van der Waals surface area contributed by atoms with E-state index in [1.54, 1.807) is 0 Å². The van der Waals surface area contributed by atoms with Crippen molar-refractivity contribution in [1.29, 1.82) is 0 Å². The third-order valence-electron chi connectivity index (χ3n) is 5.88. The second kappa shape index (κ2) is 8.49. The average molecular weight is 419 g/mol. The van der Waals surface area contributed by atoms with Crippen molar-refractivity contribution in [3.63, 3.8) is 0 Å². The molecule has 0 saturated heterocycles. The summed E-state index contributed by atoms with van der Waals surface area (Å²) in [6, 6.07) is 17.5. The van der Waals surface area contributed by atoms with Crippen LogP contribution in [0.4, 0.5) is 5.69 Å². The Morgan fingerprint density at radius 1 is 0.839 bits per heavy atom. The first kappa shape index (κ1) is 21.0. The molecule has 3 N–H and O–H groups in total. The van der Waals surface area contributed by atoms with Crippen molar-refractivity contribution in [3.05, 3.63) is 82.9 Å². The summed E-state index contributed by atoms with van der Waals surface area (Å²) in [4.78, 5) is 0. The molecule has 6 heteroatoms. The normalized spacial score (nSPS) is 22.6. The number of aryl methyl sites for hydroxylation is 2. The molecule has 4 rings (SSSR count). The number of benzene rings is 3. The van der Waals surface area contributed by atoms with Gasteiger partial charge in [-0.15, -0.1) is 12.2 Å². The fourth-order valence-corrected chi connectivity index (χ4v) is 4.12. The molecule has 2 unspecified atom stereocenters. The van der Waals surface area contributed by atoms with Gasteiger partial charge in [0, 0.05) is 23.4 Å². The molecule has 31 heavy (non-hydrogen) atoms. The Kier molecular flexibility index (Phi) is 5.76. The minimum absolute atomic E-state index is 0.0418. The minimum Gasteiger partial charge on any atom is -0.851 e. The summed E-state index contributed by atoms with van der Waals surface area (Å²) in [6.45, 7) is 3.97. The van der Waals surface area contributed by atoms with E-state index in [1.165, 1.54) is 6.07 Å². The molecule has 1 fully saturated rings. The van der Waals surface area contributed by atoms with E-state index in [-0.39, 0.29) is 23.8 Å². The summed E-state index contributed by atoms with van der Waals surface area (Å²) in [7, 11) is 0. The molecule has 0 spiro atoms. The minimum atomic E-state index is -1.20. The van der Waals surface area contributed by atoms with Crippen LogP contribution in [0.3, 0.4) is 0 Å². The maximum absolute atomic E-state index is 13.0. The van der Waals surface area contributed by atoms with Gasteiger partial charge in [0.25, 0.3) is 0 Å². The molecule has 1 saturated carbocycles. The Hall–Kier alpha value is -3.22. The van der Waals surface area contributed by atoms with Gasteiger partial charge in [-0.3, -0.25) is 0 Å². The second-order valence-electron chi connectivity index (χ2n) is 8.10. The molecule has 0 aromatic heterocycles. The third-order valence-corrected chi connectivity index (χ3v) is 5.88. The first-order valence-electron chi connectivity index (χ1n) is 10.2. The van der Waals surface area contributed by atoms with E-state index in [9.17, 15) is 20.4 Å². The first-order valence-corrected chi connectivity index (χ1v) is 10.2. The molecule has 1 aliphatic rings. The van der Waals surface area contributed by atoms with Crippen LogP contribution in [-0.2, 0) is 0 Å². The fourth-order valence-electron chi connectivity index (χ4n) is 4.12. The molecule has 0 amide bonds. The lowest BCUT2D eigenvalue weighted by Crippen LogP contribution is -2.63. The Bertz CT molecular complexity index is 1040. The van der Waals surface area contributed by atoms with Crippen molar-refractivity contribution < 1.29 is 25.2 Å². The zero-order chi connectivity index (χ0) is 22.1. The van der Waals surface area contributed by atoms with Crippen LogP contribution < -0.4 is 20.3 Å². The second-order valence-corrected chi connectivity index (χ2v) is 8.10. The van der Waals surface area contributed by atoms with Gasteiger partial charge in [-0.05, 0) is 43.4 Å². The van der Waals surface area contributed by atoms with Crippen molar-refractivity contribution in [3.8, 4) is 17.2 Å². The molecular weight excluding hydrogens is 394 g/mol. The van der Waals surface area contributed by atoms with Crippen LogP contribution in [0.2, 0.25) is 0 Å². The molecule has 0 bridgehead atoms. The summed E-state index contributed by atoms with van der Waals surface area (Å²) in [5.41, 5.74) is 3.43. The van der Waals surface area contributed by atoms with Gasteiger partial charge in [-0.1, -0.05) is 47.5 Å². The van der Waals surface area contributed by atoms with Crippen LogP contribution in [-0.4, -0.2) is 29.2 Å². The van der Waals surface area contributed by atoms with Gasteiger partial charge < -0.3 is 30.5 Å². The smallest absolute Gasteiger partial charge is 0.159 e. The Morgan fingerprint density at radius 3 is 2.03 bits per heavy atom. The summed E-state index contributed by atoms with van der Waals surface area (Å²) >= 11 is 0. The SMILES string of the molecule is Cc1ccc(OCNc2cc(O)cc(O)c2C2C([O-])C(c3ccc(C)cc3)C2[O-])cc1. The number of aromatic hydroxyl groups is 2. The zero-order valence-corrected chi connectivity index (χ0v) is 17.4. The molecule has 3 aromatic rings. The number of nitrogens with one attached hydrogen (secondary N) is 1. The molecule has 162 valence electrons. The van der Waals surface area contributed by atoms with Crippen LogP contribution in [0.1, 0.15) is 34.1 Å². The number of phenols is 2. The maximum Gasteiger partial charge on any atom is 0.159 e. The van der Waals surface area contributed by atoms with Gasteiger partial charge in [0.05, 0.1) is 0 Å². The number of anilines is 1.